The minimum Gasteiger partial charge on any atom is -0.504 e. The zero-order valence-electron chi connectivity index (χ0n) is 15.4. The first-order valence-corrected chi connectivity index (χ1v) is 8.46. The number of rotatable bonds is 7. The molecule has 0 radical (unpaired) electrons. The van der Waals surface area contributed by atoms with Crippen molar-refractivity contribution in [1.82, 2.24) is 10.2 Å². The van der Waals surface area contributed by atoms with Crippen molar-refractivity contribution in [2.24, 2.45) is 0 Å². The van der Waals surface area contributed by atoms with Gasteiger partial charge in [-0.15, -0.1) is 5.10 Å². The zero-order chi connectivity index (χ0) is 20.6. The molecule has 9 heteroatoms. The molecule has 1 amide bonds. The summed E-state index contributed by atoms with van der Waals surface area (Å²) in [7, 11) is 1.42. The van der Waals surface area contributed by atoms with Crippen LogP contribution in [0.3, 0.4) is 0 Å². The number of anilines is 1. The fourth-order valence-electron chi connectivity index (χ4n) is 2.27. The van der Waals surface area contributed by atoms with E-state index in [1.165, 1.54) is 19.3 Å². The van der Waals surface area contributed by atoms with Crippen LogP contribution in [0.25, 0.3) is 17.5 Å². The number of aromatic hydroxyl groups is 1. The highest BCUT2D eigenvalue weighted by molar-refractivity contribution is 5.93. The molecule has 3 aromatic rings. The average Bonchev–Trinajstić information content (AvgIpc) is 3.20. The number of carbonyl (C=O) groups excluding carboxylic acids is 2. The van der Waals surface area contributed by atoms with Crippen molar-refractivity contribution >= 4 is 24.0 Å². The molecule has 2 N–H and O–H groups in total. The summed E-state index contributed by atoms with van der Waals surface area (Å²) in [6.45, 7) is -0.523. The highest BCUT2D eigenvalue weighted by atomic mass is 16.5. The topological polar surface area (TPSA) is 124 Å². The van der Waals surface area contributed by atoms with Crippen molar-refractivity contribution in [2.75, 3.05) is 19.0 Å². The van der Waals surface area contributed by atoms with Crippen LogP contribution in [0, 0.1) is 0 Å². The number of aromatic nitrogens is 2. The second kappa shape index (κ2) is 9.18. The Kier molecular flexibility index (Phi) is 6.21. The molecule has 1 aromatic heterocycles. The van der Waals surface area contributed by atoms with Gasteiger partial charge in [-0.1, -0.05) is 29.4 Å². The first-order chi connectivity index (χ1) is 14.0. The molecule has 29 heavy (non-hydrogen) atoms. The number of phenolic OH excluding ortho intramolecular Hbond substituents is 1. The summed E-state index contributed by atoms with van der Waals surface area (Å²) >= 11 is 0. The van der Waals surface area contributed by atoms with E-state index in [0.29, 0.717) is 11.1 Å². The van der Waals surface area contributed by atoms with E-state index in [-0.39, 0.29) is 23.4 Å². The van der Waals surface area contributed by atoms with Crippen LogP contribution in [0.15, 0.2) is 59.0 Å². The third-order valence-electron chi connectivity index (χ3n) is 3.65. The lowest BCUT2D eigenvalue weighted by molar-refractivity contribution is -0.142. The van der Waals surface area contributed by atoms with Crippen LogP contribution >= 0.6 is 0 Å². The summed E-state index contributed by atoms with van der Waals surface area (Å²) in [5, 5.41) is 19.5. The highest BCUT2D eigenvalue weighted by Gasteiger charge is 2.12. The van der Waals surface area contributed by atoms with Gasteiger partial charge >= 0.3 is 12.0 Å². The van der Waals surface area contributed by atoms with Crippen molar-refractivity contribution in [3.63, 3.8) is 0 Å². The maximum Gasteiger partial charge on any atom is 0.331 e. The van der Waals surface area contributed by atoms with Gasteiger partial charge in [0.25, 0.3) is 5.91 Å². The first kappa shape index (κ1) is 19.6. The Labute approximate surface area is 165 Å². The normalized spacial score (nSPS) is 10.7. The van der Waals surface area contributed by atoms with Crippen LogP contribution in [0.1, 0.15) is 5.56 Å². The number of methoxy groups -OCH3 is 1. The predicted molar refractivity (Wildman–Crippen MR) is 103 cm³/mol. The highest BCUT2D eigenvalue weighted by Crippen LogP contribution is 2.26. The van der Waals surface area contributed by atoms with Crippen molar-refractivity contribution in [2.45, 2.75) is 0 Å². The van der Waals surface area contributed by atoms with E-state index in [2.05, 4.69) is 15.5 Å². The third-order valence-corrected chi connectivity index (χ3v) is 3.65. The molecular weight excluding hydrogens is 378 g/mol. The number of phenols is 1. The summed E-state index contributed by atoms with van der Waals surface area (Å²) in [6, 6.07) is 13.5. The summed E-state index contributed by atoms with van der Waals surface area (Å²) in [5.41, 5.74) is 1.32. The minimum absolute atomic E-state index is 0.0136. The largest absolute Gasteiger partial charge is 0.504 e. The molecule has 3 rings (SSSR count). The summed E-state index contributed by atoms with van der Waals surface area (Å²) < 4.78 is 15.2. The summed E-state index contributed by atoms with van der Waals surface area (Å²) in [5.74, 6) is -0.830. The number of nitrogens with zero attached hydrogens (tertiary/aromatic N) is 2. The third kappa shape index (κ3) is 5.42. The van der Waals surface area contributed by atoms with E-state index >= 15 is 0 Å². The van der Waals surface area contributed by atoms with Crippen molar-refractivity contribution in [3.05, 3.63) is 60.2 Å². The van der Waals surface area contributed by atoms with Gasteiger partial charge < -0.3 is 19.0 Å². The lowest BCUT2D eigenvalue weighted by Crippen LogP contribution is -2.20. The molecule has 0 spiro atoms. The Morgan fingerprint density at radius 1 is 1.17 bits per heavy atom. The fourth-order valence-corrected chi connectivity index (χ4v) is 2.27. The van der Waals surface area contributed by atoms with E-state index in [4.69, 9.17) is 13.9 Å². The lowest BCUT2D eigenvalue weighted by atomic mass is 10.2. The van der Waals surface area contributed by atoms with E-state index in [1.54, 1.807) is 24.3 Å². The Bertz CT molecular complexity index is 1030. The number of hydrogen-bond donors (Lipinski definition) is 2. The van der Waals surface area contributed by atoms with Gasteiger partial charge in [0, 0.05) is 11.6 Å². The van der Waals surface area contributed by atoms with Gasteiger partial charge in [-0.05, 0) is 35.9 Å². The van der Waals surface area contributed by atoms with Gasteiger partial charge in [-0.25, -0.2) is 4.79 Å². The second-order valence-electron chi connectivity index (χ2n) is 5.70. The van der Waals surface area contributed by atoms with Crippen LogP contribution < -0.4 is 10.1 Å². The molecule has 0 aliphatic rings. The van der Waals surface area contributed by atoms with Gasteiger partial charge in [0.15, 0.2) is 18.1 Å². The molecule has 148 valence electrons. The number of nitrogens with one attached hydrogen (secondary N) is 1. The minimum atomic E-state index is -0.720. The number of benzene rings is 2. The van der Waals surface area contributed by atoms with Crippen LogP contribution in [-0.4, -0.2) is 40.9 Å². The fraction of sp³-hybridized carbons (Fsp3) is 0.100. The molecular formula is C20H17N3O6. The van der Waals surface area contributed by atoms with Crippen LogP contribution in [-0.2, 0) is 14.3 Å². The Morgan fingerprint density at radius 2 is 1.97 bits per heavy atom. The maximum absolute atomic E-state index is 11.9. The molecule has 0 aliphatic heterocycles. The Morgan fingerprint density at radius 3 is 2.72 bits per heavy atom. The van der Waals surface area contributed by atoms with Gasteiger partial charge in [-0.3, -0.25) is 10.1 Å². The van der Waals surface area contributed by atoms with Crippen molar-refractivity contribution < 1.29 is 28.6 Å². The smallest absolute Gasteiger partial charge is 0.331 e. The van der Waals surface area contributed by atoms with Gasteiger partial charge in [-0.2, -0.15) is 0 Å². The first-order valence-electron chi connectivity index (χ1n) is 8.46. The molecule has 0 saturated heterocycles. The van der Waals surface area contributed by atoms with Gasteiger partial charge in [0.2, 0.25) is 5.89 Å². The Balaban J connectivity index is 1.49. The SMILES string of the molecule is COc1cc(/C=C/C(=O)OCC(=O)Nc2nnc(-c3ccccc3)o2)ccc1O. The lowest BCUT2D eigenvalue weighted by Gasteiger charge is -2.04. The monoisotopic (exact) mass is 395 g/mol. The molecule has 0 saturated carbocycles. The van der Waals surface area contributed by atoms with Crippen molar-refractivity contribution in [1.29, 1.82) is 0 Å². The molecule has 1 heterocycles. The molecule has 0 aliphatic carbocycles. The molecule has 0 unspecified atom stereocenters. The predicted octanol–water partition coefficient (Wildman–Crippen LogP) is 2.65. The van der Waals surface area contributed by atoms with E-state index in [9.17, 15) is 14.7 Å². The number of esters is 1. The maximum atomic E-state index is 11.9. The Hall–Kier alpha value is -4.14. The molecule has 9 nitrogen and oxygen atoms in total. The molecule has 2 aromatic carbocycles. The zero-order valence-corrected chi connectivity index (χ0v) is 15.4. The van der Waals surface area contributed by atoms with Gasteiger partial charge in [0.05, 0.1) is 7.11 Å². The molecule has 0 fully saturated rings. The summed E-state index contributed by atoms with van der Waals surface area (Å²) in [6.07, 6.45) is 2.62. The van der Waals surface area contributed by atoms with Crippen LogP contribution in [0.4, 0.5) is 6.01 Å². The summed E-state index contributed by atoms with van der Waals surface area (Å²) in [4.78, 5) is 23.6. The molecule has 0 atom stereocenters. The second-order valence-corrected chi connectivity index (χ2v) is 5.70. The number of carbonyl (C=O) groups is 2. The van der Waals surface area contributed by atoms with E-state index in [0.717, 1.165) is 6.08 Å². The standard InChI is InChI=1S/C20H17N3O6/c1-27-16-11-13(7-9-15(16)24)8-10-18(26)28-12-17(25)21-20-23-22-19(29-20)14-5-3-2-4-6-14/h2-11,24H,12H2,1H3,(H,21,23,25)/b10-8+. The van der Waals surface area contributed by atoms with Crippen LogP contribution in [0.2, 0.25) is 0 Å². The average molecular weight is 395 g/mol. The quantitative estimate of drug-likeness (QED) is 0.462. The molecule has 0 bridgehead atoms. The van der Waals surface area contributed by atoms with Gasteiger partial charge in [0.1, 0.15) is 0 Å². The van der Waals surface area contributed by atoms with E-state index in [1.807, 2.05) is 18.2 Å². The number of amides is 1. The van der Waals surface area contributed by atoms with Crippen molar-refractivity contribution in [3.8, 4) is 23.0 Å². The van der Waals surface area contributed by atoms with Crippen LogP contribution in [0.5, 0.6) is 11.5 Å². The van der Waals surface area contributed by atoms with E-state index < -0.39 is 18.5 Å². The number of hydrogen-bond acceptors (Lipinski definition) is 8. The number of ether oxygens (including phenoxy) is 2.